The van der Waals surface area contributed by atoms with E-state index in [9.17, 15) is 14.9 Å². The minimum absolute atomic E-state index is 0.0254. The number of carbonyl (C=O) groups is 1. The lowest BCUT2D eigenvalue weighted by Gasteiger charge is -2.08. The number of hydrogen-bond donors (Lipinski definition) is 1. The van der Waals surface area contributed by atoms with Gasteiger partial charge in [0, 0.05) is 24.9 Å². The van der Waals surface area contributed by atoms with Crippen LogP contribution in [-0.4, -0.2) is 22.9 Å². The number of nitrogens with zero attached hydrogens (tertiary/aromatic N) is 2. The first-order valence-electron chi connectivity index (χ1n) is 5.82. The minimum atomic E-state index is -0.633. The fourth-order valence-electron chi connectivity index (χ4n) is 1.60. The molecule has 0 aliphatic carbocycles. The summed E-state index contributed by atoms with van der Waals surface area (Å²) < 4.78 is 5.40. The fourth-order valence-corrected chi connectivity index (χ4v) is 1.76. The molecule has 0 spiro atoms. The van der Waals surface area contributed by atoms with Gasteiger partial charge in [0.05, 0.1) is 4.92 Å². The van der Waals surface area contributed by atoms with Crippen molar-refractivity contribution in [2.75, 3.05) is 7.05 Å². The van der Waals surface area contributed by atoms with Crippen molar-refractivity contribution in [1.29, 1.82) is 0 Å². The van der Waals surface area contributed by atoms with Crippen molar-refractivity contribution in [3.63, 3.8) is 0 Å². The molecule has 0 aliphatic rings. The molecule has 0 saturated carbocycles. The van der Waals surface area contributed by atoms with E-state index >= 15 is 0 Å². The number of halogens is 1. The van der Waals surface area contributed by atoms with Gasteiger partial charge >= 0.3 is 5.69 Å². The first-order valence-corrected chi connectivity index (χ1v) is 6.19. The summed E-state index contributed by atoms with van der Waals surface area (Å²) in [6.45, 7) is 0. The van der Waals surface area contributed by atoms with E-state index in [1.807, 2.05) is 0 Å². The quantitative estimate of drug-likeness (QED) is 0.532. The van der Waals surface area contributed by atoms with Crippen LogP contribution in [0.1, 0.15) is 10.4 Å². The SMILES string of the molecule is CNC(=O)c1ccc(Oc2cccnc2Cl)c([N+](=O)[O-])c1. The van der Waals surface area contributed by atoms with Crippen molar-refractivity contribution in [2.24, 2.45) is 0 Å². The predicted molar refractivity (Wildman–Crippen MR) is 75.8 cm³/mol. The maximum absolute atomic E-state index is 11.5. The Balaban J connectivity index is 2.42. The Morgan fingerprint density at radius 3 is 2.76 bits per heavy atom. The normalized spacial score (nSPS) is 10.0. The van der Waals surface area contributed by atoms with Crippen molar-refractivity contribution < 1.29 is 14.5 Å². The Bertz CT molecular complexity index is 706. The minimum Gasteiger partial charge on any atom is -0.447 e. The molecule has 108 valence electrons. The first kappa shape index (κ1) is 14.7. The highest BCUT2D eigenvalue weighted by Gasteiger charge is 2.19. The van der Waals surface area contributed by atoms with E-state index in [1.165, 1.54) is 31.4 Å². The summed E-state index contributed by atoms with van der Waals surface area (Å²) in [5, 5.41) is 13.6. The Labute approximate surface area is 124 Å². The number of benzene rings is 1. The number of nitro groups is 1. The molecule has 0 fully saturated rings. The van der Waals surface area contributed by atoms with E-state index in [1.54, 1.807) is 6.07 Å². The molecule has 1 amide bonds. The van der Waals surface area contributed by atoms with E-state index in [2.05, 4.69) is 10.3 Å². The lowest BCUT2D eigenvalue weighted by atomic mass is 10.1. The molecule has 0 aliphatic heterocycles. The van der Waals surface area contributed by atoms with Gasteiger partial charge in [0.1, 0.15) is 0 Å². The average Bonchev–Trinajstić information content (AvgIpc) is 2.49. The molecule has 7 nitrogen and oxygen atoms in total. The molecule has 2 aromatic rings. The van der Waals surface area contributed by atoms with Crippen molar-refractivity contribution >= 4 is 23.2 Å². The highest BCUT2D eigenvalue weighted by Crippen LogP contribution is 2.34. The Morgan fingerprint density at radius 1 is 1.38 bits per heavy atom. The van der Waals surface area contributed by atoms with Crippen LogP contribution in [-0.2, 0) is 0 Å². The molecule has 21 heavy (non-hydrogen) atoms. The average molecular weight is 308 g/mol. The number of nitrogens with one attached hydrogen (secondary N) is 1. The molecule has 1 N–H and O–H groups in total. The highest BCUT2D eigenvalue weighted by molar-refractivity contribution is 6.30. The fraction of sp³-hybridized carbons (Fsp3) is 0.0769. The zero-order valence-corrected chi connectivity index (χ0v) is 11.6. The summed E-state index contributed by atoms with van der Waals surface area (Å²) in [6.07, 6.45) is 1.47. The molecule has 0 unspecified atom stereocenters. The summed E-state index contributed by atoms with van der Waals surface area (Å²) in [4.78, 5) is 25.8. The predicted octanol–water partition coefficient (Wildman–Crippen LogP) is 2.80. The Kier molecular flexibility index (Phi) is 4.34. The molecule has 0 radical (unpaired) electrons. The molecular weight excluding hydrogens is 298 g/mol. The van der Waals surface area contributed by atoms with Gasteiger partial charge < -0.3 is 10.1 Å². The number of pyridine rings is 1. The summed E-state index contributed by atoms with van der Waals surface area (Å²) in [7, 11) is 1.44. The lowest BCUT2D eigenvalue weighted by molar-refractivity contribution is -0.385. The molecule has 0 saturated heterocycles. The van der Waals surface area contributed by atoms with E-state index in [4.69, 9.17) is 16.3 Å². The number of ether oxygens (including phenoxy) is 1. The molecule has 1 aromatic carbocycles. The van der Waals surface area contributed by atoms with Crippen molar-refractivity contribution in [3.8, 4) is 11.5 Å². The topological polar surface area (TPSA) is 94.4 Å². The van der Waals surface area contributed by atoms with E-state index in [-0.39, 0.29) is 27.9 Å². The van der Waals surface area contributed by atoms with Gasteiger partial charge in [-0.15, -0.1) is 0 Å². The Hall–Kier alpha value is -2.67. The van der Waals surface area contributed by atoms with E-state index in [0.29, 0.717) is 0 Å². The van der Waals surface area contributed by atoms with Crippen molar-refractivity contribution in [1.82, 2.24) is 10.3 Å². The van der Waals surface area contributed by atoms with Crippen LogP contribution in [0.5, 0.6) is 11.5 Å². The van der Waals surface area contributed by atoms with Crippen LogP contribution in [0, 0.1) is 10.1 Å². The maximum atomic E-state index is 11.5. The van der Waals surface area contributed by atoms with Crippen LogP contribution in [0.3, 0.4) is 0 Å². The monoisotopic (exact) mass is 307 g/mol. The van der Waals surface area contributed by atoms with Crippen LogP contribution in [0.4, 0.5) is 5.69 Å². The maximum Gasteiger partial charge on any atom is 0.312 e. The third kappa shape index (κ3) is 3.26. The zero-order valence-electron chi connectivity index (χ0n) is 10.9. The largest absolute Gasteiger partial charge is 0.447 e. The van der Waals surface area contributed by atoms with Crippen LogP contribution in [0.2, 0.25) is 5.15 Å². The number of amides is 1. The van der Waals surface area contributed by atoms with Crippen LogP contribution >= 0.6 is 11.6 Å². The van der Waals surface area contributed by atoms with Gasteiger partial charge in [0.25, 0.3) is 5.91 Å². The highest BCUT2D eigenvalue weighted by atomic mass is 35.5. The first-order chi connectivity index (χ1) is 10.0. The second kappa shape index (κ2) is 6.19. The third-order valence-electron chi connectivity index (χ3n) is 2.59. The number of carbonyl (C=O) groups excluding carboxylic acids is 1. The summed E-state index contributed by atoms with van der Waals surface area (Å²) in [6, 6.07) is 7.02. The van der Waals surface area contributed by atoms with Crippen molar-refractivity contribution in [3.05, 3.63) is 57.4 Å². The van der Waals surface area contributed by atoms with E-state index in [0.717, 1.165) is 6.07 Å². The summed E-state index contributed by atoms with van der Waals surface area (Å²) >= 11 is 5.84. The number of rotatable bonds is 4. The van der Waals surface area contributed by atoms with Gasteiger partial charge in [-0.1, -0.05) is 11.6 Å². The second-order valence-corrected chi connectivity index (χ2v) is 4.27. The standard InChI is InChI=1S/C13H10ClN3O4/c1-15-13(18)8-4-5-10(9(7-8)17(19)20)21-11-3-2-6-16-12(11)14/h2-7H,1H3,(H,15,18). The summed E-state index contributed by atoms with van der Waals surface area (Å²) in [5.74, 6) is -0.262. The smallest absolute Gasteiger partial charge is 0.312 e. The zero-order chi connectivity index (χ0) is 15.4. The molecule has 1 heterocycles. The van der Waals surface area contributed by atoms with Crippen LogP contribution in [0.15, 0.2) is 36.5 Å². The molecule has 8 heteroatoms. The Morgan fingerprint density at radius 2 is 2.14 bits per heavy atom. The lowest BCUT2D eigenvalue weighted by Crippen LogP contribution is -2.17. The van der Waals surface area contributed by atoms with E-state index < -0.39 is 10.8 Å². The molecule has 1 aromatic heterocycles. The van der Waals surface area contributed by atoms with Gasteiger partial charge in [-0.2, -0.15) is 0 Å². The number of aromatic nitrogens is 1. The third-order valence-corrected chi connectivity index (χ3v) is 2.87. The van der Waals surface area contributed by atoms with Gasteiger partial charge in [0.15, 0.2) is 10.9 Å². The van der Waals surface area contributed by atoms with Gasteiger partial charge in [-0.05, 0) is 24.3 Å². The molecule has 0 atom stereocenters. The molecule has 0 bridgehead atoms. The van der Waals surface area contributed by atoms with Crippen LogP contribution < -0.4 is 10.1 Å². The second-order valence-electron chi connectivity index (χ2n) is 3.91. The number of hydrogen-bond acceptors (Lipinski definition) is 5. The van der Waals surface area contributed by atoms with Gasteiger partial charge in [-0.25, -0.2) is 4.98 Å². The number of nitro benzene ring substituents is 1. The molecule has 2 rings (SSSR count). The van der Waals surface area contributed by atoms with Crippen LogP contribution in [0.25, 0.3) is 0 Å². The molecular formula is C13H10ClN3O4. The van der Waals surface area contributed by atoms with Crippen molar-refractivity contribution in [2.45, 2.75) is 0 Å². The van der Waals surface area contributed by atoms with Gasteiger partial charge in [0.2, 0.25) is 5.75 Å². The van der Waals surface area contributed by atoms with Gasteiger partial charge in [-0.3, -0.25) is 14.9 Å². The summed E-state index contributed by atoms with van der Waals surface area (Å²) in [5.41, 5.74) is -0.176.